The van der Waals surface area contributed by atoms with Gasteiger partial charge in [0.2, 0.25) is 0 Å². The summed E-state index contributed by atoms with van der Waals surface area (Å²) in [7, 11) is 0. The number of H-pyrrole nitrogens is 1. The SMILES string of the molecule is Cc1nn(-c2ccccc2)c2[nH]c3c(c(=O)c12)CC(C)(C)C3. The highest BCUT2D eigenvalue weighted by Gasteiger charge is 2.32. The molecule has 0 saturated heterocycles. The fraction of sp³-hybridized carbons (Fsp3) is 0.333. The van der Waals surface area contributed by atoms with Gasteiger partial charge in [0.05, 0.1) is 16.8 Å². The number of pyridine rings is 1. The van der Waals surface area contributed by atoms with Gasteiger partial charge in [-0.1, -0.05) is 32.0 Å². The van der Waals surface area contributed by atoms with Crippen LogP contribution >= 0.6 is 0 Å². The number of benzene rings is 1. The van der Waals surface area contributed by atoms with Gasteiger partial charge in [0, 0.05) is 11.3 Å². The molecule has 2 aromatic heterocycles. The van der Waals surface area contributed by atoms with Crippen molar-refractivity contribution in [3.63, 3.8) is 0 Å². The minimum absolute atomic E-state index is 0.147. The largest absolute Gasteiger partial charge is 0.343 e. The molecule has 4 heteroatoms. The predicted octanol–water partition coefficient (Wildman–Crippen LogP) is 3.15. The Hall–Kier alpha value is -2.36. The molecule has 1 aliphatic carbocycles. The number of rotatable bonds is 1. The molecule has 3 aromatic rings. The summed E-state index contributed by atoms with van der Waals surface area (Å²) in [6, 6.07) is 9.94. The summed E-state index contributed by atoms with van der Waals surface area (Å²) in [4.78, 5) is 16.4. The summed E-state index contributed by atoms with van der Waals surface area (Å²) in [5.74, 6) is 0. The Morgan fingerprint density at radius 1 is 1.18 bits per heavy atom. The van der Waals surface area contributed by atoms with E-state index in [0.29, 0.717) is 0 Å². The van der Waals surface area contributed by atoms with Crippen molar-refractivity contribution in [2.45, 2.75) is 33.6 Å². The minimum Gasteiger partial charge on any atom is -0.343 e. The van der Waals surface area contributed by atoms with Crippen LogP contribution in [0.3, 0.4) is 0 Å². The molecular formula is C18H19N3O. The van der Waals surface area contributed by atoms with Gasteiger partial charge in [0.15, 0.2) is 5.43 Å². The van der Waals surface area contributed by atoms with E-state index in [0.717, 1.165) is 46.5 Å². The highest BCUT2D eigenvalue weighted by molar-refractivity contribution is 5.81. The first-order valence-corrected chi connectivity index (χ1v) is 7.65. The van der Waals surface area contributed by atoms with E-state index in [2.05, 4.69) is 23.9 Å². The Morgan fingerprint density at radius 2 is 1.91 bits per heavy atom. The van der Waals surface area contributed by atoms with Crippen LogP contribution in [-0.2, 0) is 12.8 Å². The van der Waals surface area contributed by atoms with Crippen LogP contribution in [0.25, 0.3) is 16.7 Å². The molecule has 0 atom stereocenters. The van der Waals surface area contributed by atoms with Crippen molar-refractivity contribution in [3.05, 3.63) is 57.5 Å². The van der Waals surface area contributed by atoms with Crippen LogP contribution in [0, 0.1) is 12.3 Å². The molecule has 4 rings (SSSR count). The van der Waals surface area contributed by atoms with Crippen LogP contribution < -0.4 is 5.43 Å². The first-order valence-electron chi connectivity index (χ1n) is 7.65. The van der Waals surface area contributed by atoms with Gasteiger partial charge >= 0.3 is 0 Å². The summed E-state index contributed by atoms with van der Waals surface area (Å²) in [5, 5.41) is 5.31. The molecule has 0 fully saturated rings. The number of aromatic amines is 1. The average Bonchev–Trinajstić information content (AvgIpc) is 2.97. The van der Waals surface area contributed by atoms with Gasteiger partial charge < -0.3 is 4.98 Å². The first kappa shape index (κ1) is 13.3. The third kappa shape index (κ3) is 1.83. The van der Waals surface area contributed by atoms with Gasteiger partial charge in [-0.25, -0.2) is 4.68 Å². The second-order valence-electron chi connectivity index (χ2n) is 6.99. The average molecular weight is 293 g/mol. The van der Waals surface area contributed by atoms with E-state index < -0.39 is 0 Å². The van der Waals surface area contributed by atoms with Crippen molar-refractivity contribution >= 4 is 11.0 Å². The second kappa shape index (κ2) is 4.32. The normalized spacial score (nSPS) is 16.1. The molecule has 4 nitrogen and oxygen atoms in total. The van der Waals surface area contributed by atoms with Crippen molar-refractivity contribution in [1.29, 1.82) is 0 Å². The lowest BCUT2D eigenvalue weighted by Gasteiger charge is -2.14. The van der Waals surface area contributed by atoms with Crippen molar-refractivity contribution in [2.75, 3.05) is 0 Å². The molecule has 0 bridgehead atoms. The van der Waals surface area contributed by atoms with Gasteiger partial charge in [-0.2, -0.15) is 5.10 Å². The molecule has 0 radical (unpaired) electrons. The molecule has 22 heavy (non-hydrogen) atoms. The van der Waals surface area contributed by atoms with E-state index in [1.54, 1.807) is 0 Å². The molecular weight excluding hydrogens is 274 g/mol. The highest BCUT2D eigenvalue weighted by Crippen LogP contribution is 2.34. The zero-order valence-corrected chi connectivity index (χ0v) is 13.1. The summed E-state index contributed by atoms with van der Waals surface area (Å²) in [5.41, 5.74) is 4.86. The third-order valence-corrected chi connectivity index (χ3v) is 4.51. The topological polar surface area (TPSA) is 50.7 Å². The maximum atomic E-state index is 12.9. The van der Waals surface area contributed by atoms with E-state index in [1.807, 2.05) is 41.9 Å². The number of nitrogens with zero attached hydrogens (tertiary/aromatic N) is 2. The third-order valence-electron chi connectivity index (χ3n) is 4.51. The van der Waals surface area contributed by atoms with Crippen molar-refractivity contribution in [3.8, 4) is 5.69 Å². The zero-order chi connectivity index (χ0) is 15.5. The number of aromatic nitrogens is 3. The van der Waals surface area contributed by atoms with Crippen LogP contribution in [-0.4, -0.2) is 14.8 Å². The zero-order valence-electron chi connectivity index (χ0n) is 13.1. The standard InChI is InChI=1S/C18H19N3O/c1-11-15-16(22)13-9-18(2,3)10-14(13)19-17(15)21(20-11)12-7-5-4-6-8-12/h4-8H,9-10H2,1-3H3,(H,19,22). The number of hydrogen-bond acceptors (Lipinski definition) is 2. The maximum absolute atomic E-state index is 12.9. The molecule has 0 saturated carbocycles. The van der Waals surface area contributed by atoms with Gasteiger partial charge in [-0.15, -0.1) is 0 Å². The number of nitrogens with one attached hydrogen (secondary N) is 1. The second-order valence-corrected chi connectivity index (χ2v) is 6.99. The molecule has 0 spiro atoms. The van der Waals surface area contributed by atoms with Crippen molar-refractivity contribution in [1.82, 2.24) is 14.8 Å². The minimum atomic E-state index is 0.147. The summed E-state index contributed by atoms with van der Waals surface area (Å²) in [6.07, 6.45) is 1.75. The van der Waals surface area contributed by atoms with Gasteiger partial charge in [-0.3, -0.25) is 4.79 Å². The van der Waals surface area contributed by atoms with Crippen LogP contribution in [0.15, 0.2) is 35.1 Å². The van der Waals surface area contributed by atoms with Crippen molar-refractivity contribution in [2.24, 2.45) is 5.41 Å². The highest BCUT2D eigenvalue weighted by atomic mass is 16.1. The van der Waals surface area contributed by atoms with Gasteiger partial charge in [-0.05, 0) is 37.3 Å². The fourth-order valence-corrected chi connectivity index (χ4v) is 3.53. The van der Waals surface area contributed by atoms with Crippen LogP contribution in [0.5, 0.6) is 0 Å². The number of para-hydroxylation sites is 1. The fourth-order valence-electron chi connectivity index (χ4n) is 3.53. The first-order chi connectivity index (χ1) is 10.5. The Morgan fingerprint density at radius 3 is 2.64 bits per heavy atom. The lowest BCUT2D eigenvalue weighted by Crippen LogP contribution is -2.13. The molecule has 0 aliphatic heterocycles. The number of aryl methyl sites for hydroxylation is 1. The van der Waals surface area contributed by atoms with Crippen LogP contribution in [0.4, 0.5) is 0 Å². The molecule has 1 aromatic carbocycles. The van der Waals surface area contributed by atoms with E-state index in [4.69, 9.17) is 0 Å². The molecule has 0 amide bonds. The smallest absolute Gasteiger partial charge is 0.196 e. The molecule has 1 N–H and O–H groups in total. The molecule has 0 unspecified atom stereocenters. The van der Waals surface area contributed by atoms with Crippen molar-refractivity contribution < 1.29 is 0 Å². The maximum Gasteiger partial charge on any atom is 0.196 e. The Bertz CT molecular complexity index is 932. The predicted molar refractivity (Wildman–Crippen MR) is 87.6 cm³/mol. The lowest BCUT2D eigenvalue weighted by atomic mass is 9.90. The van der Waals surface area contributed by atoms with Crippen LogP contribution in [0.1, 0.15) is 30.8 Å². The Labute approximate surface area is 128 Å². The van der Waals surface area contributed by atoms with E-state index in [-0.39, 0.29) is 10.8 Å². The molecule has 1 aliphatic rings. The summed E-state index contributed by atoms with van der Waals surface area (Å²) >= 11 is 0. The van der Waals surface area contributed by atoms with E-state index in [1.165, 1.54) is 0 Å². The van der Waals surface area contributed by atoms with E-state index >= 15 is 0 Å². The van der Waals surface area contributed by atoms with E-state index in [9.17, 15) is 4.79 Å². The molecule has 2 heterocycles. The summed E-state index contributed by atoms with van der Waals surface area (Å²) < 4.78 is 1.84. The molecule has 112 valence electrons. The van der Waals surface area contributed by atoms with Gasteiger partial charge in [0.1, 0.15) is 5.65 Å². The quantitative estimate of drug-likeness (QED) is 0.749. The number of hydrogen-bond donors (Lipinski definition) is 1. The van der Waals surface area contributed by atoms with Crippen LogP contribution in [0.2, 0.25) is 0 Å². The summed E-state index contributed by atoms with van der Waals surface area (Å²) in [6.45, 7) is 6.33. The lowest BCUT2D eigenvalue weighted by molar-refractivity contribution is 0.390. The Kier molecular flexibility index (Phi) is 2.61. The van der Waals surface area contributed by atoms with Gasteiger partial charge in [0.25, 0.3) is 0 Å². The Balaban J connectivity index is 2.05. The monoisotopic (exact) mass is 293 g/mol. The number of fused-ring (bicyclic) bond motifs is 2.